The molecule has 1 saturated heterocycles. The van der Waals surface area contributed by atoms with Crippen molar-refractivity contribution in [3.63, 3.8) is 0 Å². The van der Waals surface area contributed by atoms with E-state index in [1.54, 1.807) is 30.1 Å². The quantitative estimate of drug-likeness (QED) is 0.927. The SMILES string of the molecule is CN(C(=O)COc1ccc(Cl)cc1Cl)C1CCNC1. The van der Waals surface area contributed by atoms with Crippen molar-refractivity contribution in [2.45, 2.75) is 12.5 Å². The summed E-state index contributed by atoms with van der Waals surface area (Å²) < 4.78 is 5.43. The van der Waals surface area contributed by atoms with E-state index in [4.69, 9.17) is 27.9 Å². The maximum atomic E-state index is 12.0. The summed E-state index contributed by atoms with van der Waals surface area (Å²) in [6, 6.07) is 5.18. The van der Waals surface area contributed by atoms with Gasteiger partial charge in [0.15, 0.2) is 6.61 Å². The predicted octanol–water partition coefficient (Wildman–Crippen LogP) is 2.19. The Bertz CT molecular complexity index is 462. The van der Waals surface area contributed by atoms with Crippen molar-refractivity contribution < 1.29 is 9.53 Å². The van der Waals surface area contributed by atoms with Gasteiger partial charge in [-0.05, 0) is 31.2 Å². The third-order valence-corrected chi connectivity index (χ3v) is 3.75. The molecular formula is C13H16Cl2N2O2. The molecule has 1 fully saturated rings. The molecule has 0 saturated carbocycles. The summed E-state index contributed by atoms with van der Waals surface area (Å²) in [4.78, 5) is 13.7. The zero-order valence-electron chi connectivity index (χ0n) is 10.7. The highest BCUT2D eigenvalue weighted by molar-refractivity contribution is 6.35. The molecular weight excluding hydrogens is 287 g/mol. The molecule has 104 valence electrons. The normalized spacial score (nSPS) is 18.4. The summed E-state index contributed by atoms with van der Waals surface area (Å²) >= 11 is 11.8. The minimum absolute atomic E-state index is 0.0195. The molecule has 1 aliphatic rings. The molecule has 19 heavy (non-hydrogen) atoms. The molecule has 4 nitrogen and oxygen atoms in total. The van der Waals surface area contributed by atoms with Crippen LogP contribution in [0.1, 0.15) is 6.42 Å². The summed E-state index contributed by atoms with van der Waals surface area (Å²) in [6.07, 6.45) is 0.976. The van der Waals surface area contributed by atoms with Gasteiger partial charge < -0.3 is 15.0 Å². The Morgan fingerprint density at radius 2 is 2.32 bits per heavy atom. The van der Waals surface area contributed by atoms with Crippen LogP contribution in [0.5, 0.6) is 5.75 Å². The first kappa shape index (κ1) is 14.4. The third-order valence-electron chi connectivity index (χ3n) is 3.22. The fraction of sp³-hybridized carbons (Fsp3) is 0.462. The Morgan fingerprint density at radius 1 is 1.53 bits per heavy atom. The molecule has 1 amide bonds. The molecule has 1 atom stereocenters. The number of hydrogen-bond donors (Lipinski definition) is 1. The molecule has 0 spiro atoms. The second-order valence-corrected chi connectivity index (χ2v) is 5.36. The Morgan fingerprint density at radius 3 is 2.95 bits per heavy atom. The first-order valence-electron chi connectivity index (χ1n) is 6.12. The molecule has 1 N–H and O–H groups in total. The van der Waals surface area contributed by atoms with Gasteiger partial charge in [-0.1, -0.05) is 23.2 Å². The summed E-state index contributed by atoms with van der Waals surface area (Å²) in [5, 5.41) is 4.17. The smallest absolute Gasteiger partial charge is 0.260 e. The van der Waals surface area contributed by atoms with E-state index in [-0.39, 0.29) is 18.6 Å². The van der Waals surface area contributed by atoms with Crippen LogP contribution in [0.3, 0.4) is 0 Å². The topological polar surface area (TPSA) is 41.6 Å². The lowest BCUT2D eigenvalue weighted by Crippen LogP contribution is -2.40. The van der Waals surface area contributed by atoms with Gasteiger partial charge in [0.25, 0.3) is 5.91 Å². The van der Waals surface area contributed by atoms with Crippen LogP contribution in [0.15, 0.2) is 18.2 Å². The van der Waals surface area contributed by atoms with E-state index in [0.29, 0.717) is 15.8 Å². The highest BCUT2D eigenvalue weighted by Crippen LogP contribution is 2.27. The molecule has 1 aliphatic heterocycles. The van der Waals surface area contributed by atoms with Crippen molar-refractivity contribution in [2.75, 3.05) is 26.7 Å². The number of benzene rings is 1. The van der Waals surface area contributed by atoms with E-state index in [9.17, 15) is 4.79 Å². The van der Waals surface area contributed by atoms with Crippen molar-refractivity contribution in [2.24, 2.45) is 0 Å². The highest BCUT2D eigenvalue weighted by Gasteiger charge is 2.23. The number of amides is 1. The number of nitrogens with zero attached hydrogens (tertiary/aromatic N) is 1. The average Bonchev–Trinajstić information content (AvgIpc) is 2.90. The van der Waals surface area contributed by atoms with Crippen LogP contribution in [0.4, 0.5) is 0 Å². The van der Waals surface area contributed by atoms with Crippen LogP contribution in [-0.4, -0.2) is 43.6 Å². The van der Waals surface area contributed by atoms with Crippen LogP contribution < -0.4 is 10.1 Å². The number of carbonyl (C=O) groups excluding carboxylic acids is 1. The van der Waals surface area contributed by atoms with Crippen LogP contribution in [0.25, 0.3) is 0 Å². The molecule has 1 aromatic carbocycles. The molecule has 1 heterocycles. The number of nitrogens with one attached hydrogen (secondary N) is 1. The van der Waals surface area contributed by atoms with Gasteiger partial charge in [-0.2, -0.15) is 0 Å². The zero-order valence-corrected chi connectivity index (χ0v) is 12.2. The maximum absolute atomic E-state index is 12.0. The third kappa shape index (κ3) is 3.75. The minimum Gasteiger partial charge on any atom is -0.482 e. The average molecular weight is 303 g/mol. The monoisotopic (exact) mass is 302 g/mol. The largest absolute Gasteiger partial charge is 0.482 e. The zero-order chi connectivity index (χ0) is 13.8. The van der Waals surface area contributed by atoms with Crippen molar-refractivity contribution in [1.82, 2.24) is 10.2 Å². The van der Waals surface area contributed by atoms with E-state index in [2.05, 4.69) is 5.32 Å². The molecule has 0 bridgehead atoms. The Balaban J connectivity index is 1.89. The van der Waals surface area contributed by atoms with Crippen LogP contribution in [-0.2, 0) is 4.79 Å². The fourth-order valence-electron chi connectivity index (χ4n) is 2.01. The summed E-state index contributed by atoms with van der Waals surface area (Å²) in [5.74, 6) is 0.414. The van der Waals surface area contributed by atoms with E-state index in [0.717, 1.165) is 19.5 Å². The van der Waals surface area contributed by atoms with E-state index >= 15 is 0 Å². The molecule has 2 rings (SSSR count). The van der Waals surface area contributed by atoms with Crippen molar-refractivity contribution in [1.29, 1.82) is 0 Å². The number of carbonyl (C=O) groups is 1. The van der Waals surface area contributed by atoms with Gasteiger partial charge in [0.2, 0.25) is 0 Å². The highest BCUT2D eigenvalue weighted by atomic mass is 35.5. The fourth-order valence-corrected chi connectivity index (χ4v) is 2.47. The van der Waals surface area contributed by atoms with E-state index in [1.165, 1.54) is 0 Å². The number of rotatable bonds is 4. The number of halogens is 2. The second-order valence-electron chi connectivity index (χ2n) is 4.51. The number of likely N-dealkylation sites (N-methyl/N-ethyl adjacent to an activating group) is 1. The molecule has 1 unspecified atom stereocenters. The first-order chi connectivity index (χ1) is 9.08. The van der Waals surface area contributed by atoms with Crippen molar-refractivity contribution >= 4 is 29.1 Å². The lowest BCUT2D eigenvalue weighted by atomic mass is 10.2. The molecule has 6 heteroatoms. The van der Waals surface area contributed by atoms with Gasteiger partial charge in [0.05, 0.1) is 5.02 Å². The van der Waals surface area contributed by atoms with Gasteiger partial charge in [0.1, 0.15) is 5.75 Å². The van der Waals surface area contributed by atoms with E-state index < -0.39 is 0 Å². The molecule has 0 aromatic heterocycles. The lowest BCUT2D eigenvalue weighted by Gasteiger charge is -2.23. The standard InChI is InChI=1S/C13H16Cl2N2O2/c1-17(10-4-5-16-7-10)13(18)8-19-12-3-2-9(14)6-11(12)15/h2-3,6,10,16H,4-5,7-8H2,1H3. The van der Waals surface area contributed by atoms with Gasteiger partial charge in [-0.3, -0.25) is 4.79 Å². The summed E-state index contributed by atoms with van der Waals surface area (Å²) in [5.41, 5.74) is 0. The second kappa shape index (κ2) is 6.46. The van der Waals surface area contributed by atoms with Gasteiger partial charge in [-0.25, -0.2) is 0 Å². The number of hydrogen-bond acceptors (Lipinski definition) is 3. The number of ether oxygens (including phenoxy) is 1. The summed E-state index contributed by atoms with van der Waals surface area (Å²) in [6.45, 7) is 1.77. The Kier molecular flexibility index (Phi) is 4.91. The van der Waals surface area contributed by atoms with Crippen LogP contribution >= 0.6 is 23.2 Å². The van der Waals surface area contributed by atoms with Crippen LogP contribution in [0, 0.1) is 0 Å². The first-order valence-corrected chi connectivity index (χ1v) is 6.88. The van der Waals surface area contributed by atoms with Gasteiger partial charge in [-0.15, -0.1) is 0 Å². The Hall–Kier alpha value is -0.970. The maximum Gasteiger partial charge on any atom is 0.260 e. The van der Waals surface area contributed by atoms with E-state index in [1.807, 2.05) is 0 Å². The van der Waals surface area contributed by atoms with Crippen LogP contribution in [0.2, 0.25) is 10.0 Å². The lowest BCUT2D eigenvalue weighted by molar-refractivity contribution is -0.133. The summed E-state index contributed by atoms with van der Waals surface area (Å²) in [7, 11) is 1.80. The van der Waals surface area contributed by atoms with Gasteiger partial charge in [0, 0.05) is 24.7 Å². The van der Waals surface area contributed by atoms with Gasteiger partial charge >= 0.3 is 0 Å². The molecule has 0 radical (unpaired) electrons. The minimum atomic E-state index is -0.0558. The predicted molar refractivity (Wildman–Crippen MR) is 76.0 cm³/mol. The van der Waals surface area contributed by atoms with Crippen molar-refractivity contribution in [3.8, 4) is 5.75 Å². The molecule has 1 aromatic rings. The molecule has 0 aliphatic carbocycles. The van der Waals surface area contributed by atoms with Crippen molar-refractivity contribution in [3.05, 3.63) is 28.2 Å². The Labute approximate surface area is 122 Å².